The maximum Gasteiger partial charge on any atom is 0.288 e. The topological polar surface area (TPSA) is 69.4 Å². The van der Waals surface area contributed by atoms with Crippen LogP contribution in [0.4, 0.5) is 5.69 Å². The number of ether oxygens (including phenoxy) is 1. The first-order valence-electron chi connectivity index (χ1n) is 6.67. The van der Waals surface area contributed by atoms with Gasteiger partial charge in [-0.3, -0.25) is 14.9 Å². The van der Waals surface area contributed by atoms with E-state index in [9.17, 15) is 14.9 Å². The second-order valence-electron chi connectivity index (χ2n) is 5.47. The van der Waals surface area contributed by atoms with Gasteiger partial charge in [-0.25, -0.2) is 0 Å². The molecule has 0 bridgehead atoms. The van der Waals surface area contributed by atoms with Gasteiger partial charge in [-0.05, 0) is 18.9 Å². The second-order valence-corrected chi connectivity index (χ2v) is 5.87. The Morgan fingerprint density at radius 3 is 2.60 bits per heavy atom. The lowest BCUT2D eigenvalue weighted by molar-refractivity contribution is -0.384. The lowest BCUT2D eigenvalue weighted by Gasteiger charge is -2.44. The Morgan fingerprint density at radius 2 is 2.05 bits per heavy atom. The zero-order valence-electron chi connectivity index (χ0n) is 10.8. The van der Waals surface area contributed by atoms with E-state index in [-0.39, 0.29) is 28.0 Å². The number of hydrogen-bond donors (Lipinski definition) is 0. The molecule has 6 heteroatoms. The van der Waals surface area contributed by atoms with Crippen LogP contribution in [0.5, 0.6) is 5.75 Å². The number of nitro benzene ring substituents is 1. The Kier molecular flexibility index (Phi) is 3.17. The van der Waals surface area contributed by atoms with Gasteiger partial charge < -0.3 is 4.74 Å². The number of rotatable bonds is 3. The number of nitro groups is 1. The molecule has 1 spiro atoms. The first kappa shape index (κ1) is 13.4. The number of nitrogens with zero attached hydrogens (tertiary/aromatic N) is 1. The van der Waals surface area contributed by atoms with Crippen molar-refractivity contribution in [1.82, 2.24) is 0 Å². The summed E-state index contributed by atoms with van der Waals surface area (Å²) in [4.78, 5) is 22.0. The molecule has 0 heterocycles. The van der Waals surface area contributed by atoms with Gasteiger partial charge >= 0.3 is 0 Å². The summed E-state index contributed by atoms with van der Waals surface area (Å²) in [5.41, 5.74) is -0.451. The number of carbonyl (C=O) groups excluding carboxylic acids is 1. The van der Waals surface area contributed by atoms with Crippen LogP contribution in [0.25, 0.3) is 0 Å². The average molecular weight is 296 g/mol. The van der Waals surface area contributed by atoms with Crippen LogP contribution in [0, 0.1) is 15.5 Å². The number of carbonyl (C=O) groups is 1. The third kappa shape index (κ3) is 1.97. The van der Waals surface area contributed by atoms with Crippen molar-refractivity contribution in [3.05, 3.63) is 33.3 Å². The highest BCUT2D eigenvalue weighted by Gasteiger charge is 2.57. The van der Waals surface area contributed by atoms with Crippen LogP contribution in [0.3, 0.4) is 0 Å². The fraction of sp³-hybridized carbons (Fsp3) is 0.500. The third-order valence-electron chi connectivity index (χ3n) is 4.43. The lowest BCUT2D eigenvalue weighted by atomic mass is 9.63. The zero-order chi connectivity index (χ0) is 14.3. The highest BCUT2D eigenvalue weighted by atomic mass is 35.5. The molecule has 0 aliphatic heterocycles. The molecule has 1 aromatic rings. The van der Waals surface area contributed by atoms with E-state index in [0.29, 0.717) is 12.2 Å². The Hall–Kier alpha value is -1.62. The summed E-state index contributed by atoms with van der Waals surface area (Å²) < 4.78 is 5.85. The molecule has 0 radical (unpaired) electrons. The van der Waals surface area contributed by atoms with Gasteiger partial charge in [-0.1, -0.05) is 24.4 Å². The molecular formula is C14H14ClNO4. The number of Topliss-reactive ketones (excluding diaryl/α,β-unsaturated/α-hetero) is 1. The maximum atomic E-state index is 11.9. The standard InChI is InChI=1S/C14H14ClNO4/c15-10-7-9(3-4-11(10)16(18)19)20-13-8-12(17)14(13)5-1-2-6-14/h3-4,7,13H,1-2,5-6,8H2. The lowest BCUT2D eigenvalue weighted by Crippen LogP contribution is -2.55. The van der Waals surface area contributed by atoms with Gasteiger partial charge in [-0.2, -0.15) is 0 Å². The molecule has 5 nitrogen and oxygen atoms in total. The first-order valence-corrected chi connectivity index (χ1v) is 7.05. The SMILES string of the molecule is O=C1CC(Oc2ccc([N+](=O)[O-])c(Cl)c2)C12CCCC2. The molecule has 0 aromatic heterocycles. The predicted octanol–water partition coefficient (Wildman–Crippen LogP) is 3.53. The first-order chi connectivity index (χ1) is 9.53. The smallest absolute Gasteiger partial charge is 0.288 e. The van der Waals surface area contributed by atoms with Gasteiger partial charge in [0.2, 0.25) is 0 Å². The number of ketones is 1. The van der Waals surface area contributed by atoms with Gasteiger partial charge in [0.05, 0.1) is 10.3 Å². The fourth-order valence-corrected chi connectivity index (χ4v) is 3.49. The van der Waals surface area contributed by atoms with E-state index in [2.05, 4.69) is 0 Å². The Labute approximate surface area is 121 Å². The Bertz CT molecular complexity index is 581. The highest BCUT2D eigenvalue weighted by Crippen LogP contribution is 2.52. The van der Waals surface area contributed by atoms with Crippen LogP contribution in [0.2, 0.25) is 5.02 Å². The number of halogens is 1. The van der Waals surface area contributed by atoms with Crippen LogP contribution in [0.1, 0.15) is 32.1 Å². The predicted molar refractivity (Wildman–Crippen MR) is 73.0 cm³/mol. The van der Waals surface area contributed by atoms with E-state index in [1.165, 1.54) is 18.2 Å². The van der Waals surface area contributed by atoms with Gasteiger partial charge in [-0.15, -0.1) is 0 Å². The molecule has 20 heavy (non-hydrogen) atoms. The minimum atomic E-state index is -0.530. The fourth-order valence-electron chi connectivity index (χ4n) is 3.25. The summed E-state index contributed by atoms with van der Waals surface area (Å²) >= 11 is 5.86. The van der Waals surface area contributed by atoms with Crippen molar-refractivity contribution >= 4 is 23.1 Å². The van der Waals surface area contributed by atoms with Crippen LogP contribution < -0.4 is 4.74 Å². The minimum absolute atomic E-state index is 0.0543. The summed E-state index contributed by atoms with van der Waals surface area (Å²) in [5.74, 6) is 0.775. The molecule has 2 aliphatic rings. The quantitative estimate of drug-likeness (QED) is 0.632. The van der Waals surface area contributed by atoms with E-state index < -0.39 is 4.92 Å². The number of hydrogen-bond acceptors (Lipinski definition) is 4. The van der Waals surface area contributed by atoms with Crippen molar-refractivity contribution in [2.24, 2.45) is 5.41 Å². The summed E-state index contributed by atoms with van der Waals surface area (Å²) in [6.45, 7) is 0. The van der Waals surface area contributed by atoms with E-state index in [4.69, 9.17) is 16.3 Å². The van der Waals surface area contributed by atoms with Crippen LogP contribution in [-0.2, 0) is 4.79 Å². The molecule has 0 saturated heterocycles. The van der Waals surface area contributed by atoms with E-state index in [1.807, 2.05) is 0 Å². The molecular weight excluding hydrogens is 282 g/mol. The van der Waals surface area contributed by atoms with Crippen LogP contribution in [0.15, 0.2) is 18.2 Å². The second kappa shape index (κ2) is 4.74. The van der Waals surface area contributed by atoms with E-state index >= 15 is 0 Å². The minimum Gasteiger partial charge on any atom is -0.489 e. The molecule has 3 rings (SSSR count). The Balaban J connectivity index is 1.77. The highest BCUT2D eigenvalue weighted by molar-refractivity contribution is 6.32. The zero-order valence-corrected chi connectivity index (χ0v) is 11.6. The van der Waals surface area contributed by atoms with E-state index in [0.717, 1.165) is 25.7 Å². The molecule has 2 aliphatic carbocycles. The molecule has 106 valence electrons. The van der Waals surface area contributed by atoms with Crippen molar-refractivity contribution in [3.63, 3.8) is 0 Å². The van der Waals surface area contributed by atoms with Gasteiger partial charge in [0, 0.05) is 18.6 Å². The van der Waals surface area contributed by atoms with Crippen molar-refractivity contribution in [3.8, 4) is 5.75 Å². The summed E-state index contributed by atoms with van der Waals surface area (Å²) in [5, 5.41) is 10.8. The van der Waals surface area contributed by atoms with Crippen LogP contribution in [-0.4, -0.2) is 16.8 Å². The molecule has 1 atom stereocenters. The molecule has 2 saturated carbocycles. The average Bonchev–Trinajstić information content (AvgIpc) is 2.90. The Morgan fingerprint density at radius 1 is 1.35 bits per heavy atom. The molecule has 0 N–H and O–H groups in total. The third-order valence-corrected chi connectivity index (χ3v) is 4.74. The van der Waals surface area contributed by atoms with Crippen molar-refractivity contribution in [1.29, 1.82) is 0 Å². The maximum absolute atomic E-state index is 11.9. The summed E-state index contributed by atoms with van der Waals surface area (Å²) in [7, 11) is 0. The van der Waals surface area contributed by atoms with Crippen molar-refractivity contribution in [2.45, 2.75) is 38.2 Å². The van der Waals surface area contributed by atoms with Crippen molar-refractivity contribution in [2.75, 3.05) is 0 Å². The summed E-state index contributed by atoms with van der Waals surface area (Å²) in [6.07, 6.45) is 4.21. The van der Waals surface area contributed by atoms with Crippen molar-refractivity contribution < 1.29 is 14.5 Å². The van der Waals surface area contributed by atoms with Gasteiger partial charge in [0.1, 0.15) is 22.7 Å². The van der Waals surface area contributed by atoms with E-state index in [1.54, 1.807) is 0 Å². The van der Waals surface area contributed by atoms with Gasteiger partial charge in [0.25, 0.3) is 5.69 Å². The largest absolute Gasteiger partial charge is 0.489 e. The molecule has 2 fully saturated rings. The molecule has 1 aromatic carbocycles. The molecule has 1 unspecified atom stereocenters. The normalized spacial score (nSPS) is 23.6. The number of benzene rings is 1. The van der Waals surface area contributed by atoms with Gasteiger partial charge in [0.15, 0.2) is 0 Å². The monoisotopic (exact) mass is 295 g/mol. The summed E-state index contributed by atoms with van der Waals surface area (Å²) in [6, 6.07) is 4.32. The van der Waals surface area contributed by atoms with Crippen LogP contribution >= 0.6 is 11.6 Å². The molecule has 0 amide bonds.